The van der Waals surface area contributed by atoms with Gasteiger partial charge in [0.1, 0.15) is 16.7 Å². The molecule has 1 fully saturated rings. The summed E-state index contributed by atoms with van der Waals surface area (Å²) in [5.74, 6) is 0.664. The zero-order valence-corrected chi connectivity index (χ0v) is 22.4. The van der Waals surface area contributed by atoms with Crippen molar-refractivity contribution in [3.05, 3.63) is 69.4 Å². The molecule has 1 aliphatic heterocycles. The third-order valence-electron chi connectivity index (χ3n) is 5.91. The number of hydrogen-bond acceptors (Lipinski definition) is 8. The van der Waals surface area contributed by atoms with Crippen LogP contribution in [-0.2, 0) is 10.5 Å². The molecule has 3 aromatic heterocycles. The topological polar surface area (TPSA) is 115 Å². The van der Waals surface area contributed by atoms with Crippen LogP contribution in [-0.4, -0.2) is 49.1 Å². The van der Waals surface area contributed by atoms with Crippen LogP contribution >= 0.6 is 34.7 Å². The maximum atomic E-state index is 12.7. The number of benzene rings is 1. The number of aromatic nitrogens is 5. The zero-order valence-electron chi connectivity index (χ0n) is 20.0. The molecule has 0 bridgehead atoms. The Labute approximate surface area is 227 Å². The maximum Gasteiger partial charge on any atom is 0.271 e. The third-order valence-corrected chi connectivity index (χ3v) is 8.12. The highest BCUT2D eigenvalue weighted by Crippen LogP contribution is 2.32. The minimum atomic E-state index is -0.528. The predicted octanol–water partition coefficient (Wildman–Crippen LogP) is 4.44. The standard InChI is InChI=1S/C25H24ClN7O2S2/c1-15-7-8-17(26)11-20(15)33-22(16-5-4-9-27-12-16)31-32-25(33)37-14-21-29-19(13-36-21)24(35)30-18-6-2-3-10-28-23(18)34/h4-5,7-9,11-13,18H,2-3,6,10,14H2,1H3,(H,28,34)(H,30,35). The van der Waals surface area contributed by atoms with Gasteiger partial charge in [0, 0.05) is 34.9 Å². The van der Waals surface area contributed by atoms with Gasteiger partial charge < -0.3 is 10.6 Å². The Kier molecular flexibility index (Phi) is 7.82. The first-order valence-corrected chi connectivity index (χ1v) is 14.0. The first kappa shape index (κ1) is 25.4. The van der Waals surface area contributed by atoms with Gasteiger partial charge in [-0.1, -0.05) is 29.4 Å². The molecule has 1 unspecified atom stereocenters. The van der Waals surface area contributed by atoms with Crippen LogP contribution in [0.1, 0.15) is 40.3 Å². The molecule has 37 heavy (non-hydrogen) atoms. The molecule has 9 nitrogen and oxygen atoms in total. The number of nitrogens with one attached hydrogen (secondary N) is 2. The minimum absolute atomic E-state index is 0.142. The lowest BCUT2D eigenvalue weighted by Crippen LogP contribution is -2.45. The lowest BCUT2D eigenvalue weighted by atomic mass is 10.1. The van der Waals surface area contributed by atoms with Gasteiger partial charge in [-0.25, -0.2) is 4.98 Å². The number of thioether (sulfide) groups is 1. The number of carbonyl (C=O) groups excluding carboxylic acids is 2. The van der Waals surface area contributed by atoms with E-state index < -0.39 is 6.04 Å². The largest absolute Gasteiger partial charge is 0.354 e. The van der Waals surface area contributed by atoms with E-state index in [0.717, 1.165) is 34.7 Å². The molecule has 190 valence electrons. The summed E-state index contributed by atoms with van der Waals surface area (Å²) in [7, 11) is 0. The summed E-state index contributed by atoms with van der Waals surface area (Å²) in [5.41, 5.74) is 3.03. The fourth-order valence-corrected chi connectivity index (χ4v) is 5.91. The van der Waals surface area contributed by atoms with Crippen LogP contribution < -0.4 is 10.6 Å². The van der Waals surface area contributed by atoms with Crippen molar-refractivity contribution >= 4 is 46.5 Å². The van der Waals surface area contributed by atoms with E-state index in [-0.39, 0.29) is 11.8 Å². The first-order valence-electron chi connectivity index (χ1n) is 11.8. The Hall–Kier alpha value is -3.28. The Morgan fingerprint density at radius 3 is 3.03 bits per heavy atom. The van der Waals surface area contributed by atoms with Gasteiger partial charge in [-0.15, -0.1) is 21.5 Å². The molecule has 2 amide bonds. The van der Waals surface area contributed by atoms with Crippen molar-refractivity contribution in [1.82, 2.24) is 35.4 Å². The SMILES string of the molecule is Cc1ccc(Cl)cc1-n1c(SCc2nc(C(=O)NC3CCCCNC3=O)cs2)nnc1-c1cccnc1. The lowest BCUT2D eigenvalue weighted by molar-refractivity contribution is -0.122. The molecule has 4 aromatic rings. The van der Waals surface area contributed by atoms with Crippen LogP contribution in [0.3, 0.4) is 0 Å². The van der Waals surface area contributed by atoms with Gasteiger partial charge in [0.2, 0.25) is 5.91 Å². The molecule has 1 saturated heterocycles. The number of carbonyl (C=O) groups is 2. The fourth-order valence-electron chi connectivity index (χ4n) is 4.00. The van der Waals surface area contributed by atoms with Crippen molar-refractivity contribution < 1.29 is 9.59 Å². The quantitative estimate of drug-likeness (QED) is 0.325. The van der Waals surface area contributed by atoms with Crippen LogP contribution in [0.4, 0.5) is 0 Å². The van der Waals surface area contributed by atoms with Crippen molar-refractivity contribution in [1.29, 1.82) is 0 Å². The Balaban J connectivity index is 1.35. The van der Waals surface area contributed by atoms with Gasteiger partial charge >= 0.3 is 0 Å². The van der Waals surface area contributed by atoms with Crippen LogP contribution in [0.2, 0.25) is 5.02 Å². The van der Waals surface area contributed by atoms with E-state index >= 15 is 0 Å². The zero-order chi connectivity index (χ0) is 25.8. The second-order valence-electron chi connectivity index (χ2n) is 8.54. The second kappa shape index (κ2) is 11.4. The van der Waals surface area contributed by atoms with Crippen LogP contribution in [0.5, 0.6) is 0 Å². The lowest BCUT2D eigenvalue weighted by Gasteiger charge is -2.14. The number of nitrogens with zero attached hydrogens (tertiary/aromatic N) is 5. The summed E-state index contributed by atoms with van der Waals surface area (Å²) < 4.78 is 1.97. The Bertz CT molecular complexity index is 1420. The number of halogens is 1. The summed E-state index contributed by atoms with van der Waals surface area (Å²) >= 11 is 9.19. The van der Waals surface area contributed by atoms with E-state index in [1.54, 1.807) is 17.8 Å². The Morgan fingerprint density at radius 1 is 1.30 bits per heavy atom. The van der Waals surface area contributed by atoms with Crippen molar-refractivity contribution in [2.24, 2.45) is 0 Å². The van der Waals surface area contributed by atoms with Gasteiger partial charge in [-0.3, -0.25) is 19.1 Å². The second-order valence-corrected chi connectivity index (χ2v) is 10.9. The van der Waals surface area contributed by atoms with E-state index in [1.165, 1.54) is 23.1 Å². The highest BCUT2D eigenvalue weighted by atomic mass is 35.5. The molecule has 2 N–H and O–H groups in total. The van der Waals surface area contributed by atoms with Crippen molar-refractivity contribution in [3.63, 3.8) is 0 Å². The smallest absolute Gasteiger partial charge is 0.271 e. The number of pyridine rings is 1. The van der Waals surface area contributed by atoms with Crippen molar-refractivity contribution in [2.45, 2.75) is 43.1 Å². The van der Waals surface area contributed by atoms with E-state index in [1.807, 2.05) is 41.8 Å². The summed E-state index contributed by atoms with van der Waals surface area (Å²) in [4.78, 5) is 33.6. The van der Waals surface area contributed by atoms with Crippen molar-refractivity contribution in [3.8, 4) is 17.1 Å². The molecule has 1 aromatic carbocycles. The van der Waals surface area contributed by atoms with E-state index in [4.69, 9.17) is 11.6 Å². The molecule has 1 atom stereocenters. The minimum Gasteiger partial charge on any atom is -0.354 e. The fraction of sp³-hybridized carbons (Fsp3) is 0.280. The van der Waals surface area contributed by atoms with E-state index in [9.17, 15) is 9.59 Å². The first-order chi connectivity index (χ1) is 18.0. The summed E-state index contributed by atoms with van der Waals surface area (Å²) in [6.45, 7) is 2.65. The highest BCUT2D eigenvalue weighted by molar-refractivity contribution is 7.98. The molecule has 0 spiro atoms. The molecule has 12 heteroatoms. The van der Waals surface area contributed by atoms with Crippen LogP contribution in [0.25, 0.3) is 17.1 Å². The highest BCUT2D eigenvalue weighted by Gasteiger charge is 2.24. The molecular weight excluding hydrogens is 530 g/mol. The van der Waals surface area contributed by atoms with Gasteiger partial charge in [0.15, 0.2) is 11.0 Å². The monoisotopic (exact) mass is 553 g/mol. The van der Waals surface area contributed by atoms with Gasteiger partial charge in [-0.2, -0.15) is 0 Å². The number of amides is 2. The predicted molar refractivity (Wildman–Crippen MR) is 144 cm³/mol. The van der Waals surface area contributed by atoms with E-state index in [0.29, 0.717) is 40.4 Å². The normalized spacial score (nSPS) is 15.7. The van der Waals surface area contributed by atoms with Gasteiger partial charge in [0.25, 0.3) is 5.91 Å². The maximum absolute atomic E-state index is 12.7. The third kappa shape index (κ3) is 5.84. The average molecular weight is 554 g/mol. The average Bonchev–Trinajstić information content (AvgIpc) is 3.50. The molecule has 0 saturated carbocycles. The van der Waals surface area contributed by atoms with E-state index in [2.05, 4.69) is 30.8 Å². The molecule has 0 aliphatic carbocycles. The molecule has 0 radical (unpaired) electrons. The molecular formula is C25H24ClN7O2S2. The van der Waals surface area contributed by atoms with Crippen molar-refractivity contribution in [2.75, 3.05) is 6.54 Å². The Morgan fingerprint density at radius 2 is 2.19 bits per heavy atom. The number of hydrogen-bond donors (Lipinski definition) is 2. The van der Waals surface area contributed by atoms with Crippen LogP contribution in [0.15, 0.2) is 53.3 Å². The summed E-state index contributed by atoms with van der Waals surface area (Å²) in [5, 5.41) is 18.3. The number of thiazole rings is 1. The summed E-state index contributed by atoms with van der Waals surface area (Å²) in [6, 6.07) is 8.95. The number of rotatable bonds is 7. The number of aryl methyl sites for hydroxylation is 1. The molecule has 5 rings (SSSR count). The van der Waals surface area contributed by atoms with Crippen LogP contribution in [0, 0.1) is 6.92 Å². The van der Waals surface area contributed by atoms with Gasteiger partial charge in [0.05, 0.1) is 11.4 Å². The van der Waals surface area contributed by atoms with Gasteiger partial charge in [-0.05, 0) is 56.0 Å². The molecule has 4 heterocycles. The summed E-state index contributed by atoms with van der Waals surface area (Å²) in [6.07, 6.45) is 5.88. The molecule has 1 aliphatic rings.